The van der Waals surface area contributed by atoms with Gasteiger partial charge in [-0.2, -0.15) is 0 Å². The van der Waals surface area contributed by atoms with Crippen LogP contribution in [0.4, 0.5) is 5.69 Å². The van der Waals surface area contributed by atoms with E-state index in [1.54, 1.807) is 6.07 Å². The SMILES string of the molecule is COC(=O)c1c(C)cccc1NC(=O)C1CCCC1. The van der Waals surface area contributed by atoms with Crippen LogP contribution in [-0.2, 0) is 9.53 Å². The Hall–Kier alpha value is -1.84. The quantitative estimate of drug-likeness (QED) is 0.851. The number of aryl methyl sites for hydroxylation is 1. The zero-order chi connectivity index (χ0) is 13.8. The van der Waals surface area contributed by atoms with E-state index in [1.807, 2.05) is 19.1 Å². The maximum atomic E-state index is 12.1. The summed E-state index contributed by atoms with van der Waals surface area (Å²) in [6.45, 7) is 1.83. The van der Waals surface area contributed by atoms with Gasteiger partial charge in [-0.3, -0.25) is 4.79 Å². The molecule has 0 saturated heterocycles. The second-order valence-corrected chi connectivity index (χ2v) is 4.96. The van der Waals surface area contributed by atoms with Gasteiger partial charge < -0.3 is 10.1 Å². The monoisotopic (exact) mass is 261 g/mol. The number of methoxy groups -OCH3 is 1. The summed E-state index contributed by atoms with van der Waals surface area (Å²) in [4.78, 5) is 23.9. The summed E-state index contributed by atoms with van der Waals surface area (Å²) < 4.78 is 4.77. The summed E-state index contributed by atoms with van der Waals surface area (Å²) in [6.07, 6.45) is 4.09. The third kappa shape index (κ3) is 2.95. The van der Waals surface area contributed by atoms with Crippen LogP contribution in [0.15, 0.2) is 18.2 Å². The predicted octanol–water partition coefficient (Wildman–Crippen LogP) is 2.91. The van der Waals surface area contributed by atoms with Crippen molar-refractivity contribution >= 4 is 17.6 Å². The van der Waals surface area contributed by atoms with Crippen LogP contribution in [0.2, 0.25) is 0 Å². The molecule has 1 saturated carbocycles. The average molecular weight is 261 g/mol. The van der Waals surface area contributed by atoms with Crippen LogP contribution in [0.3, 0.4) is 0 Å². The van der Waals surface area contributed by atoms with Crippen LogP contribution in [0, 0.1) is 12.8 Å². The van der Waals surface area contributed by atoms with Gasteiger partial charge in [0.15, 0.2) is 0 Å². The summed E-state index contributed by atoms with van der Waals surface area (Å²) >= 11 is 0. The van der Waals surface area contributed by atoms with Gasteiger partial charge in [0.1, 0.15) is 0 Å². The van der Waals surface area contributed by atoms with E-state index in [2.05, 4.69) is 5.32 Å². The van der Waals surface area contributed by atoms with Crippen LogP contribution in [0.5, 0.6) is 0 Å². The molecule has 102 valence electrons. The molecule has 1 aromatic rings. The minimum Gasteiger partial charge on any atom is -0.465 e. The molecule has 1 amide bonds. The van der Waals surface area contributed by atoms with Crippen molar-refractivity contribution in [2.24, 2.45) is 5.92 Å². The fourth-order valence-corrected chi connectivity index (χ4v) is 2.57. The van der Waals surface area contributed by atoms with Gasteiger partial charge in [0.25, 0.3) is 0 Å². The second-order valence-electron chi connectivity index (χ2n) is 4.96. The summed E-state index contributed by atoms with van der Waals surface area (Å²) in [6, 6.07) is 5.40. The van der Waals surface area contributed by atoms with Crippen molar-refractivity contribution in [1.82, 2.24) is 0 Å². The number of benzene rings is 1. The minimum atomic E-state index is -0.417. The first-order valence-electron chi connectivity index (χ1n) is 6.62. The molecule has 1 fully saturated rings. The molecule has 1 aromatic carbocycles. The third-order valence-electron chi connectivity index (χ3n) is 3.65. The van der Waals surface area contributed by atoms with Crippen molar-refractivity contribution in [2.75, 3.05) is 12.4 Å². The first-order chi connectivity index (χ1) is 9.13. The predicted molar refractivity (Wildman–Crippen MR) is 73.1 cm³/mol. The van der Waals surface area contributed by atoms with Crippen molar-refractivity contribution in [3.63, 3.8) is 0 Å². The Morgan fingerprint density at radius 1 is 1.26 bits per heavy atom. The zero-order valence-electron chi connectivity index (χ0n) is 11.4. The molecule has 0 unspecified atom stereocenters. The normalized spacial score (nSPS) is 15.3. The summed E-state index contributed by atoms with van der Waals surface area (Å²) in [5, 5.41) is 2.87. The first-order valence-corrected chi connectivity index (χ1v) is 6.62. The number of ether oxygens (including phenoxy) is 1. The molecule has 19 heavy (non-hydrogen) atoms. The molecule has 0 aliphatic heterocycles. The van der Waals surface area contributed by atoms with Crippen molar-refractivity contribution in [3.05, 3.63) is 29.3 Å². The Morgan fingerprint density at radius 2 is 1.95 bits per heavy atom. The number of carbonyl (C=O) groups excluding carboxylic acids is 2. The lowest BCUT2D eigenvalue weighted by molar-refractivity contribution is -0.119. The highest BCUT2D eigenvalue weighted by molar-refractivity contribution is 6.02. The molecule has 0 atom stereocenters. The van der Waals surface area contributed by atoms with Gasteiger partial charge in [-0.05, 0) is 31.4 Å². The number of nitrogens with one attached hydrogen (secondary N) is 1. The van der Waals surface area contributed by atoms with Crippen LogP contribution in [0.25, 0.3) is 0 Å². The fourth-order valence-electron chi connectivity index (χ4n) is 2.57. The first kappa shape index (κ1) is 13.6. The minimum absolute atomic E-state index is 0.00764. The van der Waals surface area contributed by atoms with Gasteiger partial charge >= 0.3 is 5.97 Å². The van der Waals surface area contributed by atoms with E-state index in [0.717, 1.165) is 31.2 Å². The Kier molecular flexibility index (Phi) is 4.20. The molecular formula is C15H19NO3. The maximum Gasteiger partial charge on any atom is 0.340 e. The molecule has 0 spiro atoms. The fraction of sp³-hybridized carbons (Fsp3) is 0.467. The van der Waals surface area contributed by atoms with E-state index >= 15 is 0 Å². The number of esters is 1. The highest BCUT2D eigenvalue weighted by Crippen LogP contribution is 2.27. The lowest BCUT2D eigenvalue weighted by Gasteiger charge is -2.14. The molecule has 1 N–H and O–H groups in total. The second kappa shape index (κ2) is 5.87. The van der Waals surface area contributed by atoms with E-state index in [9.17, 15) is 9.59 Å². The van der Waals surface area contributed by atoms with Crippen molar-refractivity contribution < 1.29 is 14.3 Å². The van der Waals surface area contributed by atoms with E-state index in [0.29, 0.717) is 11.3 Å². The van der Waals surface area contributed by atoms with Gasteiger partial charge in [0, 0.05) is 5.92 Å². The number of hydrogen-bond donors (Lipinski definition) is 1. The Labute approximate surface area is 113 Å². The molecule has 1 aliphatic rings. The molecule has 1 aliphatic carbocycles. The number of carbonyl (C=O) groups is 2. The van der Waals surface area contributed by atoms with Crippen molar-refractivity contribution in [2.45, 2.75) is 32.6 Å². The highest BCUT2D eigenvalue weighted by Gasteiger charge is 2.24. The Morgan fingerprint density at radius 3 is 2.58 bits per heavy atom. The Bertz CT molecular complexity index is 490. The largest absolute Gasteiger partial charge is 0.465 e. The maximum absolute atomic E-state index is 12.1. The molecule has 0 aromatic heterocycles. The molecule has 4 nitrogen and oxygen atoms in total. The van der Waals surface area contributed by atoms with E-state index in [4.69, 9.17) is 4.74 Å². The number of amides is 1. The van der Waals surface area contributed by atoms with Gasteiger partial charge in [-0.15, -0.1) is 0 Å². The standard InChI is InChI=1S/C15H19NO3/c1-10-6-5-9-12(13(10)15(18)19-2)16-14(17)11-7-3-4-8-11/h5-6,9,11H,3-4,7-8H2,1-2H3,(H,16,17). The summed E-state index contributed by atoms with van der Waals surface area (Å²) in [7, 11) is 1.34. The van der Waals surface area contributed by atoms with Gasteiger partial charge in [-0.25, -0.2) is 4.79 Å². The van der Waals surface area contributed by atoms with Crippen LogP contribution in [0.1, 0.15) is 41.6 Å². The number of anilines is 1. The molecule has 0 radical (unpaired) electrons. The molecule has 0 heterocycles. The van der Waals surface area contributed by atoms with E-state index in [-0.39, 0.29) is 11.8 Å². The van der Waals surface area contributed by atoms with Gasteiger partial charge in [0.05, 0.1) is 18.4 Å². The Balaban J connectivity index is 2.22. The average Bonchev–Trinajstić information content (AvgIpc) is 2.92. The number of hydrogen-bond acceptors (Lipinski definition) is 3. The summed E-state index contributed by atoms with van der Waals surface area (Å²) in [5.74, 6) is -0.334. The van der Waals surface area contributed by atoms with Gasteiger partial charge in [-0.1, -0.05) is 25.0 Å². The third-order valence-corrected chi connectivity index (χ3v) is 3.65. The van der Waals surface area contributed by atoms with Crippen LogP contribution < -0.4 is 5.32 Å². The molecular weight excluding hydrogens is 242 g/mol. The zero-order valence-corrected chi connectivity index (χ0v) is 11.4. The summed E-state index contributed by atoms with van der Waals surface area (Å²) in [5.41, 5.74) is 1.79. The smallest absolute Gasteiger partial charge is 0.340 e. The molecule has 4 heteroatoms. The lowest BCUT2D eigenvalue weighted by Crippen LogP contribution is -2.22. The van der Waals surface area contributed by atoms with Crippen LogP contribution >= 0.6 is 0 Å². The van der Waals surface area contributed by atoms with Gasteiger partial charge in [0.2, 0.25) is 5.91 Å². The molecule has 0 bridgehead atoms. The van der Waals surface area contributed by atoms with E-state index in [1.165, 1.54) is 7.11 Å². The van der Waals surface area contributed by atoms with E-state index < -0.39 is 5.97 Å². The lowest BCUT2D eigenvalue weighted by atomic mass is 10.0. The van der Waals surface area contributed by atoms with Crippen molar-refractivity contribution in [3.8, 4) is 0 Å². The topological polar surface area (TPSA) is 55.4 Å². The molecule has 2 rings (SSSR count). The van der Waals surface area contributed by atoms with Crippen molar-refractivity contribution in [1.29, 1.82) is 0 Å². The van der Waals surface area contributed by atoms with Crippen LogP contribution in [-0.4, -0.2) is 19.0 Å². The highest BCUT2D eigenvalue weighted by atomic mass is 16.5. The number of rotatable bonds is 3.